The Kier molecular flexibility index (Phi) is 7.71. The number of fused-ring (bicyclic) bond motifs is 5. The second-order valence-corrected chi connectivity index (χ2v) is 13.0. The summed E-state index contributed by atoms with van der Waals surface area (Å²) in [6, 6.07) is 8.61. The second-order valence-electron chi connectivity index (χ2n) is 13.0. The molecular formula is C34H31F6N5O2. The van der Waals surface area contributed by atoms with Crippen LogP contribution in [0.4, 0.5) is 26.3 Å². The van der Waals surface area contributed by atoms with Crippen molar-refractivity contribution in [2.45, 2.75) is 70.1 Å². The van der Waals surface area contributed by atoms with Crippen LogP contribution in [0.25, 0.3) is 11.1 Å². The van der Waals surface area contributed by atoms with Gasteiger partial charge in [0.2, 0.25) is 5.91 Å². The van der Waals surface area contributed by atoms with E-state index < -0.39 is 64.6 Å². The number of benzene rings is 2. The summed E-state index contributed by atoms with van der Waals surface area (Å²) in [4.78, 5) is 30.0. The van der Waals surface area contributed by atoms with Crippen LogP contribution in [-0.2, 0) is 29.4 Å². The van der Waals surface area contributed by atoms with Gasteiger partial charge in [0.1, 0.15) is 24.0 Å². The molecule has 3 atom stereocenters. The number of alkyl halides is 3. The molecule has 3 N–H and O–H groups in total. The number of primary amides is 1. The van der Waals surface area contributed by atoms with Crippen LogP contribution in [0.2, 0.25) is 0 Å². The highest BCUT2D eigenvalue weighted by Gasteiger charge is 2.64. The van der Waals surface area contributed by atoms with Gasteiger partial charge < -0.3 is 11.1 Å². The zero-order valence-corrected chi connectivity index (χ0v) is 25.7. The molecule has 7 nitrogen and oxygen atoms in total. The smallest absolute Gasteiger partial charge is 0.366 e. The summed E-state index contributed by atoms with van der Waals surface area (Å²) >= 11 is 0. The molecule has 2 aromatic heterocycles. The third-order valence-electron chi connectivity index (χ3n) is 10.1. The number of rotatable bonds is 8. The Bertz CT molecular complexity index is 1900. The second kappa shape index (κ2) is 11.2. The van der Waals surface area contributed by atoms with Crippen LogP contribution in [0, 0.1) is 22.9 Å². The molecule has 47 heavy (non-hydrogen) atoms. The van der Waals surface area contributed by atoms with E-state index in [2.05, 4.69) is 15.4 Å². The van der Waals surface area contributed by atoms with Gasteiger partial charge in [-0.25, -0.2) is 13.2 Å². The van der Waals surface area contributed by atoms with E-state index in [0.29, 0.717) is 35.7 Å². The number of pyridine rings is 1. The SMILES string of the molecule is CC12CCC(c3c(C(F)(F)F)nn(CC(=O)NC(Cc4cc(F)cc(F)c4)c4ncccc4-c4ccc(F)c(C(N)=O)c4)c31)C2(C)C. The van der Waals surface area contributed by atoms with Gasteiger partial charge in [0.05, 0.1) is 17.3 Å². The third-order valence-corrected chi connectivity index (χ3v) is 10.1. The topological polar surface area (TPSA) is 103 Å². The molecule has 6 rings (SSSR count). The van der Waals surface area contributed by atoms with Gasteiger partial charge in [-0.05, 0) is 72.1 Å². The third kappa shape index (κ3) is 5.44. The number of aromatic nitrogens is 3. The van der Waals surface area contributed by atoms with E-state index in [0.717, 1.165) is 22.9 Å². The van der Waals surface area contributed by atoms with Crippen molar-refractivity contribution in [1.29, 1.82) is 0 Å². The number of carbonyl (C=O) groups is 2. The first-order valence-electron chi connectivity index (χ1n) is 15.0. The molecule has 246 valence electrons. The van der Waals surface area contributed by atoms with E-state index >= 15 is 0 Å². The normalized spacial score (nSPS) is 20.2. The first kappa shape index (κ1) is 32.3. The summed E-state index contributed by atoms with van der Waals surface area (Å²) in [5, 5.41) is 6.71. The van der Waals surface area contributed by atoms with Crippen molar-refractivity contribution in [3.05, 3.63) is 106 Å². The van der Waals surface area contributed by atoms with Crippen molar-refractivity contribution >= 4 is 11.8 Å². The molecule has 2 aromatic carbocycles. The van der Waals surface area contributed by atoms with Gasteiger partial charge in [0.15, 0.2) is 5.69 Å². The zero-order valence-electron chi connectivity index (χ0n) is 25.7. The van der Waals surface area contributed by atoms with Gasteiger partial charge in [-0.1, -0.05) is 32.9 Å². The summed E-state index contributed by atoms with van der Waals surface area (Å²) in [5.41, 5.74) is 4.35. The van der Waals surface area contributed by atoms with Crippen LogP contribution < -0.4 is 11.1 Å². The first-order chi connectivity index (χ1) is 22.0. The minimum absolute atomic E-state index is 0.129. The highest BCUT2D eigenvalue weighted by atomic mass is 19.4. The predicted octanol–water partition coefficient (Wildman–Crippen LogP) is 6.76. The van der Waals surface area contributed by atoms with Crippen molar-refractivity contribution in [3.63, 3.8) is 0 Å². The van der Waals surface area contributed by atoms with Gasteiger partial charge in [-0.15, -0.1) is 0 Å². The number of nitrogens with one attached hydrogen (secondary N) is 1. The number of carbonyl (C=O) groups excluding carboxylic acids is 2. The number of nitrogens with two attached hydrogens (primary N) is 1. The monoisotopic (exact) mass is 655 g/mol. The van der Waals surface area contributed by atoms with Crippen LogP contribution in [0.3, 0.4) is 0 Å². The molecule has 1 saturated carbocycles. The lowest BCUT2D eigenvalue weighted by Gasteiger charge is -2.35. The van der Waals surface area contributed by atoms with Crippen LogP contribution in [0.15, 0.2) is 54.7 Å². The van der Waals surface area contributed by atoms with Crippen molar-refractivity contribution in [1.82, 2.24) is 20.1 Å². The molecule has 2 aliphatic carbocycles. The Hall–Kier alpha value is -4.68. The largest absolute Gasteiger partial charge is 0.435 e. The minimum atomic E-state index is -4.73. The van der Waals surface area contributed by atoms with Gasteiger partial charge in [-0.3, -0.25) is 19.3 Å². The fourth-order valence-electron chi connectivity index (χ4n) is 7.52. The highest BCUT2D eigenvalue weighted by Crippen LogP contribution is 2.69. The number of nitrogens with zero attached hydrogens (tertiary/aromatic N) is 3. The predicted molar refractivity (Wildman–Crippen MR) is 159 cm³/mol. The van der Waals surface area contributed by atoms with Crippen LogP contribution in [-0.4, -0.2) is 26.6 Å². The molecule has 0 aliphatic heterocycles. The van der Waals surface area contributed by atoms with Crippen molar-refractivity contribution in [3.8, 4) is 11.1 Å². The van der Waals surface area contributed by atoms with E-state index in [1.807, 2.05) is 20.8 Å². The lowest BCUT2D eigenvalue weighted by atomic mass is 9.70. The van der Waals surface area contributed by atoms with E-state index in [1.165, 1.54) is 18.3 Å². The molecule has 2 amide bonds. The molecular weight excluding hydrogens is 624 g/mol. The molecule has 3 unspecified atom stereocenters. The molecule has 2 heterocycles. The van der Waals surface area contributed by atoms with Gasteiger partial charge in [0.25, 0.3) is 5.91 Å². The Balaban J connectivity index is 1.40. The molecule has 0 spiro atoms. The van der Waals surface area contributed by atoms with E-state index in [9.17, 15) is 35.9 Å². The average Bonchev–Trinajstić information content (AvgIpc) is 3.52. The Morgan fingerprint density at radius 1 is 1.06 bits per heavy atom. The summed E-state index contributed by atoms with van der Waals surface area (Å²) in [5.74, 6) is -4.65. The van der Waals surface area contributed by atoms with Crippen molar-refractivity contribution in [2.75, 3.05) is 0 Å². The fraction of sp³-hybridized carbons (Fsp3) is 0.353. The quantitative estimate of drug-likeness (QED) is 0.205. The van der Waals surface area contributed by atoms with Gasteiger partial charge in [-0.2, -0.15) is 18.3 Å². The first-order valence-corrected chi connectivity index (χ1v) is 15.0. The van der Waals surface area contributed by atoms with E-state index in [1.54, 1.807) is 12.1 Å². The maximum absolute atomic E-state index is 14.3. The summed E-state index contributed by atoms with van der Waals surface area (Å²) in [7, 11) is 0. The number of amides is 2. The van der Waals surface area contributed by atoms with E-state index in [4.69, 9.17) is 5.73 Å². The number of hydrogen-bond donors (Lipinski definition) is 2. The zero-order chi connectivity index (χ0) is 34.1. The Morgan fingerprint density at radius 2 is 1.77 bits per heavy atom. The van der Waals surface area contributed by atoms with Gasteiger partial charge in [0, 0.05) is 34.5 Å². The maximum atomic E-state index is 14.3. The van der Waals surface area contributed by atoms with Crippen molar-refractivity contribution in [2.24, 2.45) is 11.1 Å². The van der Waals surface area contributed by atoms with Gasteiger partial charge >= 0.3 is 6.18 Å². The minimum Gasteiger partial charge on any atom is -0.366 e. The summed E-state index contributed by atoms with van der Waals surface area (Å²) < 4.78 is 86.6. The Morgan fingerprint density at radius 3 is 2.43 bits per heavy atom. The fourth-order valence-corrected chi connectivity index (χ4v) is 7.52. The lowest BCUT2D eigenvalue weighted by Crippen LogP contribution is -2.37. The summed E-state index contributed by atoms with van der Waals surface area (Å²) in [6.07, 6.45) is -2.27. The average molecular weight is 656 g/mol. The highest BCUT2D eigenvalue weighted by molar-refractivity contribution is 5.94. The van der Waals surface area contributed by atoms with Crippen molar-refractivity contribution < 1.29 is 35.9 Å². The van der Waals surface area contributed by atoms with Crippen LogP contribution in [0.1, 0.15) is 84.1 Å². The molecule has 4 aromatic rings. The molecule has 1 fully saturated rings. The lowest BCUT2D eigenvalue weighted by molar-refractivity contribution is -0.142. The standard InChI is InChI=1S/C34H31F6N5O2/c1-32(2)23-8-9-33(32,3)30-27(23)29(34(38,39)40)44-45(30)16-26(46)43-25(13-17-11-19(35)15-20(36)12-17)28-21(5-4-10-42-28)18-6-7-24(37)22(14-18)31(41)47/h4-7,10-12,14-15,23,25H,8-9,13,16H2,1-3H3,(H2,41,47)(H,43,46). The van der Waals surface area contributed by atoms with Crippen LogP contribution in [0.5, 0.6) is 0 Å². The van der Waals surface area contributed by atoms with E-state index in [-0.39, 0.29) is 34.7 Å². The maximum Gasteiger partial charge on any atom is 0.435 e. The molecule has 0 radical (unpaired) electrons. The summed E-state index contributed by atoms with van der Waals surface area (Å²) in [6.45, 7) is 5.21. The number of halogens is 6. The number of hydrogen-bond acceptors (Lipinski definition) is 4. The molecule has 13 heteroatoms. The molecule has 2 bridgehead atoms. The molecule has 0 saturated heterocycles. The van der Waals surface area contributed by atoms with Crippen LogP contribution >= 0.6 is 0 Å². The molecule has 2 aliphatic rings. The Labute approximate surface area is 266 Å².